The molecule has 1 atom stereocenters. The first kappa shape index (κ1) is 14.7. The molecule has 17 heavy (non-hydrogen) atoms. The average molecular weight is 323 g/mol. The first-order valence-corrected chi connectivity index (χ1v) is 6.70. The summed E-state index contributed by atoms with van der Waals surface area (Å²) in [6, 6.07) is 0.368. The number of halogens is 2. The summed E-state index contributed by atoms with van der Waals surface area (Å²) in [5.41, 5.74) is 0. The highest BCUT2D eigenvalue weighted by molar-refractivity contribution is 9.10. The minimum atomic E-state index is 0.258. The highest BCUT2D eigenvalue weighted by Gasteiger charge is 2.17. The molecule has 4 nitrogen and oxygen atoms in total. The fraction of sp³-hybridized carbons (Fsp3) is 0.636. The Morgan fingerprint density at radius 3 is 2.88 bits per heavy atom. The molecule has 0 aliphatic carbocycles. The van der Waals surface area contributed by atoms with Crippen molar-refractivity contribution in [1.29, 1.82) is 0 Å². The largest absolute Gasteiger partial charge is 0.383 e. The third-order valence-corrected chi connectivity index (χ3v) is 3.37. The molecule has 0 N–H and O–H groups in total. The molecule has 0 aliphatic rings. The Kier molecular flexibility index (Phi) is 6.16. The molecule has 0 radical (unpaired) electrons. The van der Waals surface area contributed by atoms with Crippen LogP contribution in [0.4, 0.5) is 5.82 Å². The summed E-state index contributed by atoms with van der Waals surface area (Å²) >= 11 is 9.30. The second kappa shape index (κ2) is 7.13. The predicted molar refractivity (Wildman–Crippen MR) is 73.7 cm³/mol. The van der Waals surface area contributed by atoms with Crippen molar-refractivity contribution in [3.63, 3.8) is 0 Å². The summed E-state index contributed by atoms with van der Waals surface area (Å²) in [6.45, 7) is 5.72. The van der Waals surface area contributed by atoms with E-state index in [-0.39, 0.29) is 5.28 Å². The van der Waals surface area contributed by atoms with E-state index in [1.54, 1.807) is 13.3 Å². The maximum atomic E-state index is 5.84. The molecule has 1 aromatic rings. The monoisotopic (exact) mass is 321 g/mol. The fourth-order valence-corrected chi connectivity index (χ4v) is 2.03. The van der Waals surface area contributed by atoms with Crippen molar-refractivity contribution in [2.75, 3.05) is 25.2 Å². The Hall–Kier alpha value is -0.390. The number of methoxy groups -OCH3 is 1. The van der Waals surface area contributed by atoms with Crippen LogP contribution in [0.5, 0.6) is 0 Å². The van der Waals surface area contributed by atoms with Crippen molar-refractivity contribution in [1.82, 2.24) is 9.97 Å². The second-order valence-electron chi connectivity index (χ2n) is 3.75. The zero-order valence-corrected chi connectivity index (χ0v) is 12.6. The van der Waals surface area contributed by atoms with Gasteiger partial charge in [0.15, 0.2) is 0 Å². The maximum absolute atomic E-state index is 5.84. The van der Waals surface area contributed by atoms with E-state index in [1.165, 1.54) is 0 Å². The molecule has 0 aliphatic heterocycles. The maximum Gasteiger partial charge on any atom is 0.224 e. The summed E-state index contributed by atoms with van der Waals surface area (Å²) in [5, 5.41) is 0.258. The average Bonchev–Trinajstić information content (AvgIpc) is 2.33. The normalized spacial score (nSPS) is 12.5. The van der Waals surface area contributed by atoms with Crippen LogP contribution in [0.3, 0.4) is 0 Å². The number of aromatic nitrogens is 2. The van der Waals surface area contributed by atoms with E-state index in [9.17, 15) is 0 Å². The van der Waals surface area contributed by atoms with Gasteiger partial charge in [-0.05, 0) is 40.9 Å². The molecule has 1 unspecified atom stereocenters. The molecule has 0 saturated heterocycles. The molecule has 1 rings (SSSR count). The van der Waals surface area contributed by atoms with Gasteiger partial charge in [0.1, 0.15) is 5.82 Å². The van der Waals surface area contributed by atoms with E-state index in [1.807, 2.05) is 0 Å². The molecular formula is C11H17BrClN3O. The van der Waals surface area contributed by atoms with Gasteiger partial charge in [-0.2, -0.15) is 4.98 Å². The van der Waals surface area contributed by atoms with Crippen LogP contribution in [0, 0.1) is 0 Å². The lowest BCUT2D eigenvalue weighted by Gasteiger charge is -2.30. The second-order valence-corrected chi connectivity index (χ2v) is 4.95. The molecule has 0 fully saturated rings. The number of hydrogen-bond acceptors (Lipinski definition) is 4. The lowest BCUT2D eigenvalue weighted by molar-refractivity contribution is 0.203. The van der Waals surface area contributed by atoms with Crippen LogP contribution in [0.15, 0.2) is 10.7 Å². The Morgan fingerprint density at radius 2 is 2.29 bits per heavy atom. The van der Waals surface area contributed by atoms with E-state index in [4.69, 9.17) is 16.3 Å². The molecule has 96 valence electrons. The highest BCUT2D eigenvalue weighted by atomic mass is 79.9. The molecule has 6 heteroatoms. The van der Waals surface area contributed by atoms with Crippen molar-refractivity contribution >= 4 is 33.3 Å². The smallest absolute Gasteiger partial charge is 0.224 e. The Labute approximate surface area is 115 Å². The Morgan fingerprint density at radius 1 is 1.59 bits per heavy atom. The number of rotatable bonds is 6. The van der Waals surface area contributed by atoms with Crippen molar-refractivity contribution < 1.29 is 4.74 Å². The van der Waals surface area contributed by atoms with Crippen molar-refractivity contribution in [2.45, 2.75) is 26.3 Å². The van der Waals surface area contributed by atoms with Gasteiger partial charge in [-0.3, -0.25) is 0 Å². The van der Waals surface area contributed by atoms with E-state index in [2.05, 4.69) is 44.6 Å². The van der Waals surface area contributed by atoms with E-state index in [0.29, 0.717) is 12.6 Å². The third kappa shape index (κ3) is 4.08. The summed E-state index contributed by atoms with van der Waals surface area (Å²) < 4.78 is 5.97. The molecule has 0 bridgehead atoms. The molecule has 0 amide bonds. The molecule has 0 saturated carbocycles. The first-order valence-electron chi connectivity index (χ1n) is 5.53. The zero-order valence-electron chi connectivity index (χ0n) is 10.3. The minimum Gasteiger partial charge on any atom is -0.383 e. The Balaban J connectivity index is 2.98. The first-order chi connectivity index (χ1) is 8.10. The summed E-state index contributed by atoms with van der Waals surface area (Å²) in [6.07, 6.45) is 2.70. The van der Waals surface area contributed by atoms with Crippen LogP contribution in [0.1, 0.15) is 20.3 Å². The van der Waals surface area contributed by atoms with Crippen LogP contribution in [-0.4, -0.2) is 36.3 Å². The van der Waals surface area contributed by atoms with Gasteiger partial charge in [-0.25, -0.2) is 4.98 Å². The number of ether oxygens (including phenoxy) is 1. The van der Waals surface area contributed by atoms with Gasteiger partial charge in [0.05, 0.1) is 11.1 Å². The van der Waals surface area contributed by atoms with Crippen LogP contribution < -0.4 is 4.90 Å². The molecule has 1 heterocycles. The number of nitrogens with zero attached hydrogens (tertiary/aromatic N) is 3. The van der Waals surface area contributed by atoms with Crippen LogP contribution in [0.25, 0.3) is 0 Å². The summed E-state index contributed by atoms with van der Waals surface area (Å²) in [7, 11) is 1.69. The quantitative estimate of drug-likeness (QED) is 0.754. The van der Waals surface area contributed by atoms with Gasteiger partial charge < -0.3 is 9.64 Å². The lowest BCUT2D eigenvalue weighted by atomic mass is 10.2. The third-order valence-electron chi connectivity index (χ3n) is 2.63. The van der Waals surface area contributed by atoms with Crippen LogP contribution in [-0.2, 0) is 4.74 Å². The standard InChI is InChI=1S/C11H17BrClN3O/c1-4-8(2)16(5-6-17-3)10-9(12)7-14-11(13)15-10/h7-8H,4-6H2,1-3H3. The molecular weight excluding hydrogens is 305 g/mol. The van der Waals surface area contributed by atoms with Gasteiger partial charge in [0.2, 0.25) is 5.28 Å². The molecule has 0 aromatic carbocycles. The van der Waals surface area contributed by atoms with Gasteiger partial charge in [0, 0.05) is 25.9 Å². The SMILES string of the molecule is CCC(C)N(CCOC)c1nc(Cl)ncc1Br. The van der Waals surface area contributed by atoms with E-state index < -0.39 is 0 Å². The summed E-state index contributed by atoms with van der Waals surface area (Å²) in [4.78, 5) is 10.4. The van der Waals surface area contributed by atoms with E-state index in [0.717, 1.165) is 23.3 Å². The minimum absolute atomic E-state index is 0.258. The van der Waals surface area contributed by atoms with Gasteiger partial charge in [0.25, 0.3) is 0 Å². The van der Waals surface area contributed by atoms with Gasteiger partial charge in [-0.1, -0.05) is 6.92 Å². The van der Waals surface area contributed by atoms with E-state index >= 15 is 0 Å². The number of anilines is 1. The van der Waals surface area contributed by atoms with Crippen molar-refractivity contribution in [3.8, 4) is 0 Å². The van der Waals surface area contributed by atoms with Crippen LogP contribution >= 0.6 is 27.5 Å². The van der Waals surface area contributed by atoms with Gasteiger partial charge >= 0.3 is 0 Å². The topological polar surface area (TPSA) is 38.2 Å². The Bertz CT molecular complexity index is 365. The fourth-order valence-electron chi connectivity index (χ4n) is 1.48. The zero-order chi connectivity index (χ0) is 12.8. The molecule has 1 aromatic heterocycles. The molecule has 0 spiro atoms. The van der Waals surface area contributed by atoms with Crippen molar-refractivity contribution in [2.24, 2.45) is 0 Å². The lowest BCUT2D eigenvalue weighted by Crippen LogP contribution is -2.36. The van der Waals surface area contributed by atoms with Crippen LogP contribution in [0.2, 0.25) is 5.28 Å². The van der Waals surface area contributed by atoms with Crippen molar-refractivity contribution in [3.05, 3.63) is 16.0 Å². The highest BCUT2D eigenvalue weighted by Crippen LogP contribution is 2.26. The number of hydrogen-bond donors (Lipinski definition) is 0. The summed E-state index contributed by atoms with van der Waals surface area (Å²) in [5.74, 6) is 0.816. The predicted octanol–water partition coefficient (Wildman–Crippen LogP) is 3.14. The van der Waals surface area contributed by atoms with Gasteiger partial charge in [-0.15, -0.1) is 0 Å².